The zero-order valence-corrected chi connectivity index (χ0v) is 11.7. The molecule has 1 aliphatic rings. The van der Waals surface area contributed by atoms with E-state index < -0.39 is 0 Å². The molecule has 1 aromatic carbocycles. The smallest absolute Gasteiger partial charge is 0.275 e. The van der Waals surface area contributed by atoms with Crippen LogP contribution in [0.4, 0.5) is 0 Å². The Morgan fingerprint density at radius 1 is 1.16 bits per heavy atom. The predicted octanol–water partition coefficient (Wildman–Crippen LogP) is -2.24. The highest BCUT2D eigenvalue weighted by Crippen LogP contribution is 1.97. The summed E-state index contributed by atoms with van der Waals surface area (Å²) in [5.74, 6) is 0.186. The van der Waals surface area contributed by atoms with Crippen molar-refractivity contribution in [2.45, 2.75) is 6.42 Å². The van der Waals surface area contributed by atoms with Crippen molar-refractivity contribution >= 4 is 5.91 Å². The van der Waals surface area contributed by atoms with Crippen LogP contribution in [-0.2, 0) is 11.2 Å². The number of benzene rings is 1. The van der Waals surface area contributed by atoms with Gasteiger partial charge < -0.3 is 15.1 Å². The van der Waals surface area contributed by atoms with Crippen LogP contribution in [0.1, 0.15) is 5.56 Å². The maximum atomic E-state index is 11.8. The summed E-state index contributed by atoms with van der Waals surface area (Å²) < 4.78 is 0. The van der Waals surface area contributed by atoms with Crippen LogP contribution in [0, 0.1) is 0 Å². The molecule has 0 bridgehead atoms. The Hall–Kier alpha value is -1.39. The van der Waals surface area contributed by atoms with E-state index in [1.807, 2.05) is 18.2 Å². The van der Waals surface area contributed by atoms with E-state index in [4.69, 9.17) is 0 Å². The number of rotatable bonds is 5. The predicted molar refractivity (Wildman–Crippen MR) is 75.3 cm³/mol. The van der Waals surface area contributed by atoms with Gasteiger partial charge in [-0.3, -0.25) is 4.79 Å². The molecule has 4 heteroatoms. The van der Waals surface area contributed by atoms with Gasteiger partial charge in [-0.2, -0.15) is 0 Å². The number of carbonyl (C=O) groups is 1. The molecular weight excluding hydrogens is 238 g/mol. The highest BCUT2D eigenvalue weighted by Gasteiger charge is 2.21. The average Bonchev–Trinajstić information content (AvgIpc) is 2.43. The summed E-state index contributed by atoms with van der Waals surface area (Å²) in [6, 6.07) is 10.3. The summed E-state index contributed by atoms with van der Waals surface area (Å²) in [7, 11) is 2.22. The molecule has 0 unspecified atom stereocenters. The number of hydrogen-bond donors (Lipinski definition) is 3. The molecule has 1 aliphatic heterocycles. The minimum Gasteiger partial charge on any atom is -0.351 e. The monoisotopic (exact) mass is 263 g/mol. The number of likely N-dealkylation sites (N-methyl/N-ethyl adjacent to an activating group) is 1. The van der Waals surface area contributed by atoms with Gasteiger partial charge in [0.05, 0.1) is 7.05 Å². The number of quaternary nitrogens is 2. The first-order chi connectivity index (χ1) is 9.24. The van der Waals surface area contributed by atoms with Gasteiger partial charge in [-0.15, -0.1) is 0 Å². The largest absolute Gasteiger partial charge is 0.351 e. The number of nitrogens with one attached hydrogen (secondary N) is 3. The Morgan fingerprint density at radius 2 is 1.84 bits per heavy atom. The van der Waals surface area contributed by atoms with Crippen LogP contribution in [0.25, 0.3) is 0 Å². The summed E-state index contributed by atoms with van der Waals surface area (Å²) in [6.07, 6.45) is 0.912. The molecule has 4 nitrogen and oxygen atoms in total. The normalized spacial score (nSPS) is 23.0. The van der Waals surface area contributed by atoms with Crippen molar-refractivity contribution in [1.29, 1.82) is 0 Å². The van der Waals surface area contributed by atoms with Gasteiger partial charge in [0.25, 0.3) is 5.91 Å². The first-order valence-electron chi connectivity index (χ1n) is 7.19. The second kappa shape index (κ2) is 7.26. The average molecular weight is 263 g/mol. The molecule has 1 heterocycles. The van der Waals surface area contributed by atoms with Crippen molar-refractivity contribution in [2.75, 3.05) is 46.3 Å². The first-order valence-corrected chi connectivity index (χ1v) is 7.19. The Balaban J connectivity index is 1.62. The Labute approximate surface area is 115 Å². The van der Waals surface area contributed by atoms with Crippen molar-refractivity contribution < 1.29 is 14.6 Å². The second-order valence-electron chi connectivity index (χ2n) is 5.47. The van der Waals surface area contributed by atoms with E-state index in [1.165, 1.54) is 23.6 Å². The van der Waals surface area contributed by atoms with Gasteiger partial charge in [-0.25, -0.2) is 0 Å². The zero-order chi connectivity index (χ0) is 13.5. The summed E-state index contributed by atoms with van der Waals surface area (Å²) >= 11 is 0. The molecule has 2 rings (SSSR count). The number of hydrogen-bond acceptors (Lipinski definition) is 1. The van der Waals surface area contributed by atoms with Crippen molar-refractivity contribution in [1.82, 2.24) is 5.32 Å². The third kappa shape index (κ3) is 5.01. The van der Waals surface area contributed by atoms with Crippen LogP contribution in [0.5, 0.6) is 0 Å². The van der Waals surface area contributed by atoms with E-state index in [0.29, 0.717) is 6.54 Å². The number of amides is 1. The summed E-state index contributed by atoms with van der Waals surface area (Å²) in [6.45, 7) is 5.93. The molecule has 0 aromatic heterocycles. The molecule has 0 aliphatic carbocycles. The van der Waals surface area contributed by atoms with Crippen LogP contribution in [0.3, 0.4) is 0 Å². The van der Waals surface area contributed by atoms with E-state index in [2.05, 4.69) is 24.5 Å². The zero-order valence-electron chi connectivity index (χ0n) is 11.7. The van der Waals surface area contributed by atoms with Gasteiger partial charge >= 0.3 is 0 Å². The van der Waals surface area contributed by atoms with E-state index in [9.17, 15) is 4.79 Å². The fraction of sp³-hybridized carbons (Fsp3) is 0.533. The molecule has 1 aromatic rings. The molecule has 1 saturated heterocycles. The fourth-order valence-corrected chi connectivity index (χ4v) is 2.49. The Morgan fingerprint density at radius 3 is 2.53 bits per heavy atom. The van der Waals surface area contributed by atoms with E-state index >= 15 is 0 Å². The lowest BCUT2D eigenvalue weighted by atomic mass is 10.1. The fourth-order valence-electron chi connectivity index (χ4n) is 2.49. The SMILES string of the molecule is C[NH+]1CC[NH+](CC(=O)NCCc2ccccc2)CC1. The van der Waals surface area contributed by atoms with Gasteiger partial charge in [0, 0.05) is 6.54 Å². The van der Waals surface area contributed by atoms with E-state index in [-0.39, 0.29) is 5.91 Å². The van der Waals surface area contributed by atoms with E-state index in [0.717, 1.165) is 26.1 Å². The summed E-state index contributed by atoms with van der Waals surface area (Å²) in [4.78, 5) is 14.8. The first kappa shape index (κ1) is 14.0. The summed E-state index contributed by atoms with van der Waals surface area (Å²) in [5, 5.41) is 3.02. The molecule has 104 valence electrons. The Kier molecular flexibility index (Phi) is 5.36. The molecular formula is C15H25N3O+2. The van der Waals surface area contributed by atoms with Crippen molar-refractivity contribution in [3.8, 4) is 0 Å². The van der Waals surface area contributed by atoms with Gasteiger partial charge in [-0.1, -0.05) is 30.3 Å². The molecule has 0 spiro atoms. The minimum atomic E-state index is 0.186. The highest BCUT2D eigenvalue weighted by atomic mass is 16.2. The van der Waals surface area contributed by atoms with Gasteiger partial charge in [0.2, 0.25) is 0 Å². The van der Waals surface area contributed by atoms with Gasteiger partial charge in [-0.05, 0) is 12.0 Å². The quantitative estimate of drug-likeness (QED) is 0.552. The maximum Gasteiger partial charge on any atom is 0.275 e. The molecule has 3 N–H and O–H groups in total. The maximum absolute atomic E-state index is 11.8. The van der Waals surface area contributed by atoms with Crippen molar-refractivity contribution in [2.24, 2.45) is 0 Å². The highest BCUT2D eigenvalue weighted by molar-refractivity contribution is 5.76. The second-order valence-corrected chi connectivity index (χ2v) is 5.47. The molecule has 0 saturated carbocycles. The third-order valence-electron chi connectivity index (χ3n) is 3.80. The topological polar surface area (TPSA) is 38.0 Å². The molecule has 0 atom stereocenters. The van der Waals surface area contributed by atoms with Crippen molar-refractivity contribution in [3.05, 3.63) is 35.9 Å². The number of carbonyl (C=O) groups excluding carboxylic acids is 1. The van der Waals surface area contributed by atoms with Crippen LogP contribution in [-0.4, -0.2) is 52.2 Å². The summed E-state index contributed by atoms with van der Waals surface area (Å²) in [5.41, 5.74) is 1.28. The minimum absolute atomic E-state index is 0.186. The van der Waals surface area contributed by atoms with Crippen LogP contribution in [0.2, 0.25) is 0 Å². The standard InChI is InChI=1S/C15H23N3O/c1-17-9-11-18(12-10-17)13-15(19)16-8-7-14-5-3-2-4-6-14/h2-6H,7-13H2,1H3,(H,16,19)/p+2. The van der Waals surface area contributed by atoms with E-state index in [1.54, 1.807) is 4.90 Å². The van der Waals surface area contributed by atoms with Crippen LogP contribution in [0.15, 0.2) is 30.3 Å². The lowest BCUT2D eigenvalue weighted by Crippen LogP contribution is -3.27. The lowest BCUT2D eigenvalue weighted by Gasteiger charge is -2.26. The molecule has 1 amide bonds. The molecule has 19 heavy (non-hydrogen) atoms. The van der Waals surface area contributed by atoms with Gasteiger partial charge in [0.1, 0.15) is 26.2 Å². The third-order valence-corrected chi connectivity index (χ3v) is 3.80. The Bertz CT molecular complexity index is 386. The molecule has 1 fully saturated rings. The van der Waals surface area contributed by atoms with Gasteiger partial charge in [0.15, 0.2) is 6.54 Å². The van der Waals surface area contributed by atoms with Crippen LogP contribution >= 0.6 is 0 Å². The molecule has 0 radical (unpaired) electrons. The van der Waals surface area contributed by atoms with Crippen LogP contribution < -0.4 is 15.1 Å². The number of piperazine rings is 1. The lowest BCUT2D eigenvalue weighted by molar-refractivity contribution is -1.000. The van der Waals surface area contributed by atoms with Crippen molar-refractivity contribution in [3.63, 3.8) is 0 Å².